The number of carbonyl (C=O) groups is 1. The number of hydrogen-bond acceptors (Lipinski definition) is 6. The van der Waals surface area contributed by atoms with Gasteiger partial charge in [0.1, 0.15) is 4.88 Å². The van der Waals surface area contributed by atoms with Gasteiger partial charge in [0.15, 0.2) is 0 Å². The summed E-state index contributed by atoms with van der Waals surface area (Å²) in [6.45, 7) is 11.0. The van der Waals surface area contributed by atoms with Crippen molar-refractivity contribution in [2.24, 2.45) is 0 Å². The molecule has 1 aliphatic rings. The third kappa shape index (κ3) is 5.36. The standard InChI is InChI=1S/C28H31N5OS/c1-19-10-11-24-25(29-19)8-5-9-26(24)33-16-14-32(15-17-33)13-12-22-6-4-7-23(18-22)31-28(34)27-20(2)30-21(3)35-27/h4-11,18H,12-17H2,1-3H3,(H,31,34). The highest BCUT2D eigenvalue weighted by Gasteiger charge is 2.19. The number of aromatic nitrogens is 2. The summed E-state index contributed by atoms with van der Waals surface area (Å²) in [5.74, 6) is -0.0832. The van der Waals surface area contributed by atoms with Crippen molar-refractivity contribution < 1.29 is 4.79 Å². The molecule has 6 nitrogen and oxygen atoms in total. The van der Waals surface area contributed by atoms with E-state index < -0.39 is 0 Å². The summed E-state index contributed by atoms with van der Waals surface area (Å²) in [4.78, 5) is 27.4. The van der Waals surface area contributed by atoms with Crippen molar-refractivity contribution in [3.8, 4) is 0 Å². The van der Waals surface area contributed by atoms with Crippen LogP contribution in [0.4, 0.5) is 11.4 Å². The fraction of sp³-hybridized carbons (Fsp3) is 0.321. The molecule has 2 aromatic heterocycles. The van der Waals surface area contributed by atoms with Crippen LogP contribution in [0.3, 0.4) is 0 Å². The molecule has 1 amide bonds. The first-order chi connectivity index (χ1) is 17.0. The van der Waals surface area contributed by atoms with Gasteiger partial charge in [-0.2, -0.15) is 0 Å². The van der Waals surface area contributed by atoms with Crippen LogP contribution in [0.5, 0.6) is 0 Å². The molecule has 1 fully saturated rings. The van der Waals surface area contributed by atoms with Crippen molar-refractivity contribution in [1.29, 1.82) is 0 Å². The first-order valence-corrected chi connectivity index (χ1v) is 13.0. The van der Waals surface area contributed by atoms with E-state index in [9.17, 15) is 4.79 Å². The number of nitrogens with one attached hydrogen (secondary N) is 1. The molecule has 180 valence electrons. The van der Waals surface area contributed by atoms with Gasteiger partial charge in [-0.05, 0) is 69.2 Å². The van der Waals surface area contributed by atoms with Gasteiger partial charge in [0, 0.05) is 55.2 Å². The van der Waals surface area contributed by atoms with Gasteiger partial charge in [-0.1, -0.05) is 18.2 Å². The molecule has 0 spiro atoms. The van der Waals surface area contributed by atoms with Crippen LogP contribution in [0, 0.1) is 20.8 Å². The monoisotopic (exact) mass is 485 g/mol. The molecule has 5 rings (SSSR count). The van der Waals surface area contributed by atoms with E-state index in [0.717, 1.165) is 66.7 Å². The lowest BCUT2D eigenvalue weighted by Gasteiger charge is -2.36. The van der Waals surface area contributed by atoms with Crippen LogP contribution in [0.15, 0.2) is 54.6 Å². The van der Waals surface area contributed by atoms with E-state index in [1.54, 1.807) is 0 Å². The maximum Gasteiger partial charge on any atom is 0.267 e. The summed E-state index contributed by atoms with van der Waals surface area (Å²) in [5, 5.41) is 5.18. The van der Waals surface area contributed by atoms with E-state index in [4.69, 9.17) is 4.98 Å². The minimum Gasteiger partial charge on any atom is -0.368 e. The molecule has 35 heavy (non-hydrogen) atoms. The predicted molar refractivity (Wildman–Crippen MR) is 145 cm³/mol. The van der Waals surface area contributed by atoms with Gasteiger partial charge >= 0.3 is 0 Å². The highest BCUT2D eigenvalue weighted by Crippen LogP contribution is 2.27. The number of piperazine rings is 1. The Balaban J connectivity index is 1.16. The van der Waals surface area contributed by atoms with Crippen LogP contribution >= 0.6 is 11.3 Å². The molecule has 1 N–H and O–H groups in total. The molecule has 7 heteroatoms. The lowest BCUT2D eigenvalue weighted by Crippen LogP contribution is -2.47. The minimum absolute atomic E-state index is 0.0832. The SMILES string of the molecule is Cc1ccc2c(N3CCN(CCc4cccc(NC(=O)c5sc(C)nc5C)c4)CC3)cccc2n1. The van der Waals surface area contributed by atoms with Crippen molar-refractivity contribution >= 4 is 39.5 Å². The van der Waals surface area contributed by atoms with Crippen LogP contribution in [-0.2, 0) is 6.42 Å². The first kappa shape index (κ1) is 23.5. The van der Waals surface area contributed by atoms with Gasteiger partial charge < -0.3 is 10.2 Å². The van der Waals surface area contributed by atoms with E-state index in [1.807, 2.05) is 32.9 Å². The second-order valence-corrected chi connectivity index (χ2v) is 10.4. The molecule has 2 aromatic carbocycles. The minimum atomic E-state index is -0.0832. The fourth-order valence-corrected chi connectivity index (χ4v) is 5.57. The Morgan fingerprint density at radius 3 is 2.54 bits per heavy atom. The third-order valence-electron chi connectivity index (χ3n) is 6.57. The molecule has 0 aliphatic carbocycles. The third-order valence-corrected chi connectivity index (χ3v) is 7.64. The Kier molecular flexibility index (Phi) is 6.79. The number of aryl methyl sites for hydroxylation is 3. The number of nitrogens with zero attached hydrogens (tertiary/aromatic N) is 4. The Bertz CT molecular complexity index is 1360. The summed E-state index contributed by atoms with van der Waals surface area (Å²) >= 11 is 1.44. The van der Waals surface area contributed by atoms with Crippen molar-refractivity contribution in [3.05, 3.63) is 81.4 Å². The summed E-state index contributed by atoms with van der Waals surface area (Å²) < 4.78 is 0. The molecule has 0 bridgehead atoms. The van der Waals surface area contributed by atoms with Crippen molar-refractivity contribution in [3.63, 3.8) is 0 Å². The molecule has 0 unspecified atom stereocenters. The summed E-state index contributed by atoms with van der Waals surface area (Å²) in [6, 6.07) is 18.9. The normalized spacial score (nSPS) is 14.4. The number of benzene rings is 2. The van der Waals surface area contributed by atoms with Crippen molar-refractivity contribution in [1.82, 2.24) is 14.9 Å². The highest BCUT2D eigenvalue weighted by atomic mass is 32.1. The Labute approximate surface area is 210 Å². The van der Waals surface area contributed by atoms with Crippen molar-refractivity contribution in [2.75, 3.05) is 42.9 Å². The molecular formula is C28H31N5OS. The van der Waals surface area contributed by atoms with Crippen LogP contribution in [0.2, 0.25) is 0 Å². The molecule has 1 aliphatic heterocycles. The molecule has 1 saturated heterocycles. The van der Waals surface area contributed by atoms with Crippen molar-refractivity contribution in [2.45, 2.75) is 27.2 Å². The topological polar surface area (TPSA) is 61.4 Å². The average Bonchev–Trinajstić information content (AvgIpc) is 3.20. The van der Waals surface area contributed by atoms with E-state index in [-0.39, 0.29) is 5.91 Å². The van der Waals surface area contributed by atoms with Gasteiger partial charge in [-0.3, -0.25) is 14.7 Å². The number of carbonyl (C=O) groups excluding carboxylic acids is 1. The van der Waals surface area contributed by atoms with Crippen LogP contribution < -0.4 is 10.2 Å². The first-order valence-electron chi connectivity index (χ1n) is 12.1. The predicted octanol–water partition coefficient (Wildman–Crippen LogP) is 5.23. The van der Waals surface area contributed by atoms with Gasteiger partial charge in [0.25, 0.3) is 5.91 Å². The molecule has 0 radical (unpaired) electrons. The van der Waals surface area contributed by atoms with Gasteiger partial charge in [0.2, 0.25) is 0 Å². The molecule has 0 atom stereocenters. The fourth-order valence-electron chi connectivity index (χ4n) is 4.75. The molecule has 3 heterocycles. The molecular weight excluding hydrogens is 454 g/mol. The largest absolute Gasteiger partial charge is 0.368 e. The Morgan fingerprint density at radius 1 is 0.971 bits per heavy atom. The zero-order chi connectivity index (χ0) is 24.4. The highest BCUT2D eigenvalue weighted by molar-refractivity contribution is 7.13. The number of thiazole rings is 1. The van der Waals surface area contributed by atoms with E-state index >= 15 is 0 Å². The Hall–Kier alpha value is -3.29. The molecule has 4 aromatic rings. The van der Waals surface area contributed by atoms with E-state index in [0.29, 0.717) is 4.88 Å². The maximum absolute atomic E-state index is 12.7. The number of amides is 1. The Morgan fingerprint density at radius 2 is 1.77 bits per heavy atom. The van der Waals surface area contributed by atoms with Crippen LogP contribution in [0.25, 0.3) is 10.9 Å². The summed E-state index contributed by atoms with van der Waals surface area (Å²) in [5.41, 5.74) is 6.26. The summed E-state index contributed by atoms with van der Waals surface area (Å²) in [7, 11) is 0. The lowest BCUT2D eigenvalue weighted by molar-refractivity contribution is 0.103. The van der Waals surface area contributed by atoms with Gasteiger partial charge in [-0.15, -0.1) is 11.3 Å². The summed E-state index contributed by atoms with van der Waals surface area (Å²) in [6.07, 6.45) is 0.958. The van der Waals surface area contributed by atoms with Gasteiger partial charge in [-0.25, -0.2) is 4.98 Å². The van der Waals surface area contributed by atoms with Crippen LogP contribution in [0.1, 0.15) is 31.6 Å². The number of rotatable bonds is 6. The van der Waals surface area contributed by atoms with Gasteiger partial charge in [0.05, 0.1) is 16.2 Å². The number of anilines is 2. The second kappa shape index (κ2) is 10.1. The average molecular weight is 486 g/mol. The lowest BCUT2D eigenvalue weighted by atomic mass is 10.1. The maximum atomic E-state index is 12.7. The second-order valence-electron chi connectivity index (χ2n) is 9.18. The van der Waals surface area contributed by atoms with Crippen LogP contribution in [-0.4, -0.2) is 53.5 Å². The quantitative estimate of drug-likeness (QED) is 0.405. The smallest absolute Gasteiger partial charge is 0.267 e. The number of hydrogen-bond donors (Lipinski definition) is 1. The number of fused-ring (bicyclic) bond motifs is 1. The van der Waals surface area contributed by atoms with E-state index in [1.165, 1.54) is 28.0 Å². The zero-order valence-corrected chi connectivity index (χ0v) is 21.4. The van der Waals surface area contributed by atoms with E-state index in [2.05, 4.69) is 62.6 Å². The zero-order valence-electron chi connectivity index (χ0n) is 20.5. The molecule has 0 saturated carbocycles. The number of pyridine rings is 1.